The minimum atomic E-state index is -1.37. The molecule has 0 aromatic rings. The Morgan fingerprint density at radius 3 is 1.88 bits per heavy atom. The Bertz CT molecular complexity index is 496. The van der Waals surface area contributed by atoms with Crippen molar-refractivity contribution in [3.8, 4) is 0 Å². The van der Waals surface area contributed by atoms with Crippen LogP contribution in [0.3, 0.4) is 0 Å². The highest BCUT2D eigenvalue weighted by atomic mass is 16.4. The zero-order valence-electron chi connectivity index (χ0n) is 14.9. The molecular formula is C15H28N4O6. The summed E-state index contributed by atoms with van der Waals surface area (Å²) >= 11 is 0. The van der Waals surface area contributed by atoms with Gasteiger partial charge in [0.2, 0.25) is 17.7 Å². The van der Waals surface area contributed by atoms with Gasteiger partial charge in [0.1, 0.15) is 18.1 Å². The summed E-state index contributed by atoms with van der Waals surface area (Å²) < 4.78 is 0. The number of aliphatic hydroxyl groups excluding tert-OH is 1. The Morgan fingerprint density at radius 2 is 1.48 bits per heavy atom. The lowest BCUT2D eigenvalue weighted by Crippen LogP contribution is -2.60. The summed E-state index contributed by atoms with van der Waals surface area (Å²) in [5.41, 5.74) is 5.24. The quantitative estimate of drug-likeness (QED) is 0.260. The molecule has 0 aliphatic rings. The van der Waals surface area contributed by atoms with Crippen LogP contribution >= 0.6 is 0 Å². The Morgan fingerprint density at radius 1 is 0.960 bits per heavy atom. The molecule has 0 spiro atoms. The highest BCUT2D eigenvalue weighted by molar-refractivity contribution is 5.93. The number of amides is 3. The lowest BCUT2D eigenvalue weighted by molar-refractivity contribution is -0.142. The van der Waals surface area contributed by atoms with E-state index in [4.69, 9.17) is 10.8 Å². The molecule has 10 nitrogen and oxygen atoms in total. The molecule has 0 aliphatic heterocycles. The maximum atomic E-state index is 12.5. The third-order valence-electron chi connectivity index (χ3n) is 3.79. The van der Waals surface area contributed by atoms with E-state index in [1.165, 1.54) is 13.8 Å². The Labute approximate surface area is 146 Å². The first kappa shape index (κ1) is 22.8. The van der Waals surface area contributed by atoms with Crippen LogP contribution in [0.4, 0.5) is 0 Å². The SMILES string of the molecule is CCC(C)C(NC(=O)CN)C(=O)NC(C(=O)NC(C)C(=O)O)C(C)O. The smallest absolute Gasteiger partial charge is 0.325 e. The average Bonchev–Trinajstić information content (AvgIpc) is 2.55. The predicted octanol–water partition coefficient (Wildman–Crippen LogP) is -2.07. The first-order valence-corrected chi connectivity index (χ1v) is 8.06. The topological polar surface area (TPSA) is 171 Å². The molecule has 0 heterocycles. The molecule has 0 saturated heterocycles. The number of rotatable bonds is 10. The van der Waals surface area contributed by atoms with Gasteiger partial charge >= 0.3 is 5.97 Å². The van der Waals surface area contributed by atoms with Crippen molar-refractivity contribution < 1.29 is 29.4 Å². The van der Waals surface area contributed by atoms with Gasteiger partial charge in [-0.05, 0) is 19.8 Å². The van der Waals surface area contributed by atoms with Gasteiger partial charge in [-0.3, -0.25) is 19.2 Å². The van der Waals surface area contributed by atoms with Gasteiger partial charge in [-0.2, -0.15) is 0 Å². The number of hydrogen-bond donors (Lipinski definition) is 6. The van der Waals surface area contributed by atoms with Gasteiger partial charge in [-0.25, -0.2) is 0 Å². The van der Waals surface area contributed by atoms with E-state index >= 15 is 0 Å². The molecule has 0 saturated carbocycles. The van der Waals surface area contributed by atoms with Crippen LogP contribution in [0, 0.1) is 5.92 Å². The molecule has 25 heavy (non-hydrogen) atoms. The maximum absolute atomic E-state index is 12.5. The van der Waals surface area contributed by atoms with E-state index < -0.39 is 47.9 Å². The van der Waals surface area contributed by atoms with Crippen LogP contribution in [0.5, 0.6) is 0 Å². The molecule has 144 valence electrons. The number of nitrogens with one attached hydrogen (secondary N) is 3. The lowest BCUT2D eigenvalue weighted by Gasteiger charge is -2.27. The van der Waals surface area contributed by atoms with E-state index in [2.05, 4.69) is 16.0 Å². The van der Waals surface area contributed by atoms with Crippen molar-refractivity contribution >= 4 is 23.7 Å². The number of carbonyl (C=O) groups is 4. The number of nitrogens with two attached hydrogens (primary N) is 1. The second kappa shape index (κ2) is 10.6. The molecule has 10 heteroatoms. The van der Waals surface area contributed by atoms with Crippen LogP contribution < -0.4 is 21.7 Å². The van der Waals surface area contributed by atoms with Crippen molar-refractivity contribution in [1.82, 2.24) is 16.0 Å². The third kappa shape index (κ3) is 7.48. The number of aliphatic hydroxyl groups is 1. The summed E-state index contributed by atoms with van der Waals surface area (Å²) in [7, 11) is 0. The van der Waals surface area contributed by atoms with E-state index in [1.54, 1.807) is 6.92 Å². The number of carbonyl (C=O) groups excluding carboxylic acids is 3. The maximum Gasteiger partial charge on any atom is 0.325 e. The Kier molecular flexibility index (Phi) is 9.69. The fourth-order valence-corrected chi connectivity index (χ4v) is 1.95. The molecule has 0 aromatic heterocycles. The van der Waals surface area contributed by atoms with Gasteiger partial charge in [0, 0.05) is 0 Å². The fourth-order valence-electron chi connectivity index (χ4n) is 1.95. The molecule has 0 aliphatic carbocycles. The monoisotopic (exact) mass is 360 g/mol. The van der Waals surface area contributed by atoms with E-state index in [0.29, 0.717) is 6.42 Å². The largest absolute Gasteiger partial charge is 0.480 e. The van der Waals surface area contributed by atoms with Crippen molar-refractivity contribution in [2.24, 2.45) is 11.7 Å². The Hall–Kier alpha value is -2.20. The fraction of sp³-hybridized carbons (Fsp3) is 0.733. The molecule has 5 unspecified atom stereocenters. The molecule has 0 radical (unpaired) electrons. The normalized spacial score (nSPS) is 16.7. The highest BCUT2D eigenvalue weighted by Gasteiger charge is 2.32. The van der Waals surface area contributed by atoms with E-state index in [0.717, 1.165) is 0 Å². The van der Waals surface area contributed by atoms with Crippen LogP contribution in [0.2, 0.25) is 0 Å². The van der Waals surface area contributed by atoms with Crippen molar-refractivity contribution in [2.45, 2.75) is 58.3 Å². The number of hydrogen-bond acceptors (Lipinski definition) is 6. The van der Waals surface area contributed by atoms with Crippen LogP contribution in [0.25, 0.3) is 0 Å². The van der Waals surface area contributed by atoms with E-state index in [-0.39, 0.29) is 12.5 Å². The molecular weight excluding hydrogens is 332 g/mol. The summed E-state index contributed by atoms with van der Waals surface area (Å²) in [4.78, 5) is 46.9. The predicted molar refractivity (Wildman–Crippen MR) is 89.3 cm³/mol. The zero-order valence-corrected chi connectivity index (χ0v) is 14.9. The summed E-state index contributed by atoms with van der Waals surface area (Å²) in [5, 5.41) is 25.6. The summed E-state index contributed by atoms with van der Waals surface area (Å²) in [6, 6.07) is -3.49. The molecule has 0 aromatic carbocycles. The average molecular weight is 360 g/mol. The minimum Gasteiger partial charge on any atom is -0.480 e. The van der Waals surface area contributed by atoms with Crippen molar-refractivity contribution in [1.29, 1.82) is 0 Å². The highest BCUT2D eigenvalue weighted by Crippen LogP contribution is 2.09. The molecule has 0 rings (SSSR count). The van der Waals surface area contributed by atoms with E-state index in [1.807, 2.05) is 6.92 Å². The zero-order chi connectivity index (χ0) is 19.7. The summed E-state index contributed by atoms with van der Waals surface area (Å²) in [6.45, 7) is 5.81. The van der Waals surface area contributed by atoms with Gasteiger partial charge in [0.05, 0.1) is 12.6 Å². The van der Waals surface area contributed by atoms with Crippen molar-refractivity contribution in [3.63, 3.8) is 0 Å². The molecule has 0 bridgehead atoms. The van der Waals surface area contributed by atoms with Crippen molar-refractivity contribution in [3.05, 3.63) is 0 Å². The van der Waals surface area contributed by atoms with Gasteiger partial charge in [-0.15, -0.1) is 0 Å². The van der Waals surface area contributed by atoms with Gasteiger partial charge in [-0.1, -0.05) is 20.3 Å². The van der Waals surface area contributed by atoms with Crippen LogP contribution in [-0.2, 0) is 19.2 Å². The summed E-state index contributed by atoms with van der Waals surface area (Å²) in [5.74, 6) is -3.53. The van der Waals surface area contributed by atoms with E-state index in [9.17, 15) is 24.3 Å². The standard InChI is InChI=1S/C15H28N4O6/c1-5-7(2)11(18-10(21)6-16)13(22)19-12(9(4)20)14(23)17-8(3)15(24)25/h7-9,11-12,20H,5-6,16H2,1-4H3,(H,17,23)(H,18,21)(H,19,22)(H,24,25). The van der Waals surface area contributed by atoms with Gasteiger partial charge in [0.15, 0.2) is 0 Å². The first-order chi connectivity index (χ1) is 11.5. The van der Waals surface area contributed by atoms with Crippen LogP contribution in [-0.4, -0.2) is 64.7 Å². The molecule has 0 fully saturated rings. The number of carboxylic acid groups (broad SMARTS) is 1. The second-order valence-electron chi connectivity index (χ2n) is 5.93. The van der Waals surface area contributed by atoms with Crippen LogP contribution in [0.15, 0.2) is 0 Å². The first-order valence-electron chi connectivity index (χ1n) is 8.06. The molecule has 3 amide bonds. The van der Waals surface area contributed by atoms with Crippen molar-refractivity contribution in [2.75, 3.05) is 6.54 Å². The lowest BCUT2D eigenvalue weighted by atomic mass is 9.97. The third-order valence-corrected chi connectivity index (χ3v) is 3.79. The molecule has 7 N–H and O–H groups in total. The minimum absolute atomic E-state index is 0.244. The number of carboxylic acids is 1. The Balaban J connectivity index is 5.19. The second-order valence-corrected chi connectivity index (χ2v) is 5.93. The van der Waals surface area contributed by atoms with Crippen LogP contribution in [0.1, 0.15) is 34.1 Å². The molecule has 5 atom stereocenters. The summed E-state index contributed by atoms with van der Waals surface area (Å²) in [6.07, 6.45) is -0.697. The van der Waals surface area contributed by atoms with Gasteiger partial charge in [0.25, 0.3) is 0 Å². The number of aliphatic carboxylic acids is 1. The van der Waals surface area contributed by atoms with Gasteiger partial charge < -0.3 is 31.9 Å².